The first-order chi connectivity index (χ1) is 8.65. The second-order valence-electron chi connectivity index (χ2n) is 4.21. The van der Waals surface area contributed by atoms with Gasteiger partial charge in [0, 0.05) is 11.2 Å². The van der Waals surface area contributed by atoms with Gasteiger partial charge in [-0.2, -0.15) is 0 Å². The van der Waals surface area contributed by atoms with E-state index < -0.39 is 6.04 Å². The number of nitrogens with zero attached hydrogens (tertiary/aromatic N) is 2. The Morgan fingerprint density at radius 1 is 1.44 bits per heavy atom. The molecule has 0 spiro atoms. The molecule has 5 heteroatoms. The van der Waals surface area contributed by atoms with E-state index in [0.717, 1.165) is 11.3 Å². The van der Waals surface area contributed by atoms with Gasteiger partial charge in [-0.25, -0.2) is 4.98 Å². The van der Waals surface area contributed by atoms with Gasteiger partial charge >= 0.3 is 0 Å². The Morgan fingerprint density at radius 3 is 2.83 bits per heavy atom. The minimum atomic E-state index is -0.433. The summed E-state index contributed by atoms with van der Waals surface area (Å²) in [4.78, 5) is 4.10. The molecule has 2 rings (SSSR count). The average molecular weight is 266 g/mol. The van der Waals surface area contributed by atoms with Gasteiger partial charge in [0.05, 0.1) is 30.7 Å². The molecule has 96 valence electrons. The molecule has 4 nitrogen and oxygen atoms in total. The maximum absolute atomic E-state index is 9.15. The van der Waals surface area contributed by atoms with Crippen LogP contribution in [-0.2, 0) is 0 Å². The molecule has 0 aliphatic carbocycles. The van der Waals surface area contributed by atoms with Crippen LogP contribution in [0.1, 0.15) is 30.3 Å². The average Bonchev–Trinajstić information content (AvgIpc) is 2.86. The van der Waals surface area contributed by atoms with E-state index in [-0.39, 0.29) is 12.6 Å². The number of imidazole rings is 1. The van der Waals surface area contributed by atoms with Gasteiger partial charge in [0.25, 0.3) is 0 Å². The van der Waals surface area contributed by atoms with Crippen LogP contribution in [0.15, 0.2) is 36.8 Å². The van der Waals surface area contributed by atoms with Gasteiger partial charge < -0.3 is 15.4 Å². The summed E-state index contributed by atoms with van der Waals surface area (Å²) in [5, 5.41) is 9.86. The minimum absolute atomic E-state index is 0.0220. The zero-order chi connectivity index (χ0) is 13.1. The number of aliphatic hydroxyl groups excluding tert-OH is 1. The summed E-state index contributed by atoms with van der Waals surface area (Å²) < 4.78 is 1.93. The number of hydrogen-bond donors (Lipinski definition) is 2. The van der Waals surface area contributed by atoms with Crippen molar-refractivity contribution >= 4 is 11.6 Å². The maximum Gasteiger partial charge on any atom is 0.0954 e. The molecule has 0 amide bonds. The highest BCUT2D eigenvalue weighted by Gasteiger charge is 2.17. The SMILES string of the molecule is CC(c1ccccc1Cl)n1cncc1C(N)CO. The first kappa shape index (κ1) is 13.1. The summed E-state index contributed by atoms with van der Waals surface area (Å²) in [5.74, 6) is 0. The highest BCUT2D eigenvalue weighted by molar-refractivity contribution is 6.31. The van der Waals surface area contributed by atoms with Crippen molar-refractivity contribution in [1.82, 2.24) is 9.55 Å². The Morgan fingerprint density at radius 2 is 2.17 bits per heavy atom. The Hall–Kier alpha value is -1.36. The van der Waals surface area contributed by atoms with Crippen molar-refractivity contribution in [1.29, 1.82) is 0 Å². The lowest BCUT2D eigenvalue weighted by Gasteiger charge is -2.20. The quantitative estimate of drug-likeness (QED) is 0.890. The van der Waals surface area contributed by atoms with Crippen molar-refractivity contribution in [3.8, 4) is 0 Å². The summed E-state index contributed by atoms with van der Waals surface area (Å²) in [7, 11) is 0. The first-order valence-corrected chi connectivity index (χ1v) is 6.15. The van der Waals surface area contributed by atoms with Crippen molar-refractivity contribution in [2.24, 2.45) is 5.73 Å². The normalized spacial score (nSPS) is 14.4. The lowest BCUT2D eigenvalue weighted by atomic mass is 10.1. The summed E-state index contributed by atoms with van der Waals surface area (Å²) >= 11 is 6.19. The monoisotopic (exact) mass is 265 g/mol. The Bertz CT molecular complexity index is 526. The smallest absolute Gasteiger partial charge is 0.0954 e. The molecule has 0 saturated carbocycles. The number of aliphatic hydroxyl groups is 1. The fourth-order valence-electron chi connectivity index (χ4n) is 1.98. The van der Waals surface area contributed by atoms with Gasteiger partial charge in [-0.1, -0.05) is 29.8 Å². The van der Waals surface area contributed by atoms with Crippen LogP contribution in [0.25, 0.3) is 0 Å². The molecule has 3 N–H and O–H groups in total. The largest absolute Gasteiger partial charge is 0.394 e. The van der Waals surface area contributed by atoms with E-state index in [1.807, 2.05) is 35.8 Å². The lowest BCUT2D eigenvalue weighted by molar-refractivity contribution is 0.262. The number of rotatable bonds is 4. The van der Waals surface area contributed by atoms with E-state index in [1.165, 1.54) is 0 Å². The molecule has 0 aliphatic rings. The van der Waals surface area contributed by atoms with Crippen LogP contribution >= 0.6 is 11.6 Å². The van der Waals surface area contributed by atoms with E-state index in [0.29, 0.717) is 5.02 Å². The third kappa shape index (κ3) is 2.41. The van der Waals surface area contributed by atoms with Crippen molar-refractivity contribution in [3.05, 3.63) is 53.1 Å². The van der Waals surface area contributed by atoms with Crippen molar-refractivity contribution in [3.63, 3.8) is 0 Å². The van der Waals surface area contributed by atoms with Crippen LogP contribution in [0, 0.1) is 0 Å². The molecular formula is C13H16ClN3O. The van der Waals surface area contributed by atoms with Gasteiger partial charge in [0.2, 0.25) is 0 Å². The molecule has 0 bridgehead atoms. The van der Waals surface area contributed by atoms with Gasteiger partial charge in [0.15, 0.2) is 0 Å². The van der Waals surface area contributed by atoms with E-state index in [1.54, 1.807) is 12.5 Å². The van der Waals surface area contributed by atoms with Crippen LogP contribution in [-0.4, -0.2) is 21.3 Å². The predicted molar refractivity (Wildman–Crippen MR) is 71.5 cm³/mol. The summed E-state index contributed by atoms with van der Waals surface area (Å²) in [5.41, 5.74) is 7.65. The molecule has 0 fully saturated rings. The fraction of sp³-hybridized carbons (Fsp3) is 0.308. The zero-order valence-electron chi connectivity index (χ0n) is 10.1. The minimum Gasteiger partial charge on any atom is -0.394 e. The summed E-state index contributed by atoms with van der Waals surface area (Å²) in [6, 6.07) is 7.26. The van der Waals surface area contributed by atoms with E-state index in [4.69, 9.17) is 22.4 Å². The maximum atomic E-state index is 9.15. The van der Waals surface area contributed by atoms with Crippen LogP contribution in [0.3, 0.4) is 0 Å². The van der Waals surface area contributed by atoms with E-state index in [2.05, 4.69) is 4.98 Å². The molecule has 18 heavy (non-hydrogen) atoms. The topological polar surface area (TPSA) is 64.1 Å². The Kier molecular flexibility index (Phi) is 4.01. The highest BCUT2D eigenvalue weighted by atomic mass is 35.5. The van der Waals surface area contributed by atoms with Gasteiger partial charge in [-0.3, -0.25) is 0 Å². The molecule has 0 radical (unpaired) electrons. The molecule has 0 aliphatic heterocycles. The highest BCUT2D eigenvalue weighted by Crippen LogP contribution is 2.27. The fourth-order valence-corrected chi connectivity index (χ4v) is 2.28. The van der Waals surface area contributed by atoms with Crippen LogP contribution in [0.5, 0.6) is 0 Å². The number of benzene rings is 1. The zero-order valence-corrected chi connectivity index (χ0v) is 10.9. The predicted octanol–water partition coefficient (Wildman–Crippen LogP) is 2.14. The van der Waals surface area contributed by atoms with Gasteiger partial charge in [-0.15, -0.1) is 0 Å². The third-order valence-electron chi connectivity index (χ3n) is 3.05. The lowest BCUT2D eigenvalue weighted by Crippen LogP contribution is -2.20. The second kappa shape index (κ2) is 5.52. The second-order valence-corrected chi connectivity index (χ2v) is 4.62. The Balaban J connectivity index is 2.38. The number of nitrogens with two attached hydrogens (primary N) is 1. The van der Waals surface area contributed by atoms with Gasteiger partial charge in [-0.05, 0) is 18.6 Å². The molecule has 0 saturated heterocycles. The van der Waals surface area contributed by atoms with Crippen LogP contribution < -0.4 is 5.73 Å². The third-order valence-corrected chi connectivity index (χ3v) is 3.39. The molecule has 2 aromatic rings. The molecule has 1 heterocycles. The van der Waals surface area contributed by atoms with Crippen LogP contribution in [0.2, 0.25) is 5.02 Å². The summed E-state index contributed by atoms with van der Waals surface area (Å²) in [6.45, 7) is 1.91. The van der Waals surface area contributed by atoms with Gasteiger partial charge in [0.1, 0.15) is 0 Å². The number of hydrogen-bond acceptors (Lipinski definition) is 3. The standard InChI is InChI=1S/C13H16ClN3O/c1-9(10-4-2-3-5-11(10)14)17-8-16-6-13(17)12(15)7-18/h2-6,8-9,12,18H,7,15H2,1H3. The summed E-state index contributed by atoms with van der Waals surface area (Å²) in [6.07, 6.45) is 3.38. The Labute approximate surface area is 111 Å². The van der Waals surface area contributed by atoms with Crippen molar-refractivity contribution in [2.75, 3.05) is 6.61 Å². The van der Waals surface area contributed by atoms with Crippen molar-refractivity contribution in [2.45, 2.75) is 19.0 Å². The molecule has 1 aromatic carbocycles. The van der Waals surface area contributed by atoms with E-state index in [9.17, 15) is 0 Å². The van der Waals surface area contributed by atoms with E-state index >= 15 is 0 Å². The molecule has 2 atom stereocenters. The molecule has 2 unspecified atom stereocenters. The molecule has 1 aromatic heterocycles. The van der Waals surface area contributed by atoms with Crippen molar-refractivity contribution < 1.29 is 5.11 Å². The van der Waals surface area contributed by atoms with Crippen LogP contribution in [0.4, 0.5) is 0 Å². The molecular weight excluding hydrogens is 250 g/mol. The first-order valence-electron chi connectivity index (χ1n) is 5.77. The number of halogens is 1. The number of aromatic nitrogens is 2.